The van der Waals surface area contributed by atoms with Crippen LogP contribution in [0.2, 0.25) is 0 Å². The molecule has 1 aromatic heterocycles. The fourth-order valence-electron chi connectivity index (χ4n) is 2.72. The monoisotopic (exact) mass is 293 g/mol. The van der Waals surface area contributed by atoms with Gasteiger partial charge in [0.1, 0.15) is 12.4 Å². The van der Waals surface area contributed by atoms with Crippen molar-refractivity contribution in [3.8, 4) is 5.88 Å². The minimum Gasteiger partial charge on any atom is -0.476 e. The van der Waals surface area contributed by atoms with E-state index in [1.54, 1.807) is 0 Å². The maximum Gasteiger partial charge on any atom is 0.218 e. The number of halogens is 1. The van der Waals surface area contributed by atoms with Gasteiger partial charge in [-0.25, -0.2) is 9.37 Å². The number of piperidine rings is 1. The van der Waals surface area contributed by atoms with E-state index < -0.39 is 0 Å². The van der Waals surface area contributed by atoms with Gasteiger partial charge in [-0.3, -0.25) is 4.90 Å². The van der Waals surface area contributed by atoms with Crippen LogP contribution in [0, 0.1) is 5.82 Å². The van der Waals surface area contributed by atoms with Crippen molar-refractivity contribution in [2.45, 2.75) is 44.7 Å². The Bertz CT molecular complexity index is 459. The molecule has 2 heterocycles. The summed E-state index contributed by atoms with van der Waals surface area (Å²) in [6.07, 6.45) is 7.57. The lowest BCUT2D eigenvalue weighted by Crippen LogP contribution is -2.33. The smallest absolute Gasteiger partial charge is 0.218 e. The molecule has 0 bridgehead atoms. The number of hydrogen-bond acceptors (Lipinski definition) is 4. The third kappa shape index (κ3) is 4.64. The summed E-state index contributed by atoms with van der Waals surface area (Å²) in [5.41, 5.74) is 0.820. The quantitative estimate of drug-likeness (QED) is 0.837. The first-order valence-corrected chi connectivity index (χ1v) is 8.04. The highest BCUT2D eigenvalue weighted by atomic mass is 19.1. The van der Waals surface area contributed by atoms with Gasteiger partial charge in [-0.15, -0.1) is 0 Å². The Morgan fingerprint density at radius 1 is 1.29 bits per heavy atom. The van der Waals surface area contributed by atoms with Gasteiger partial charge in [0.25, 0.3) is 0 Å². The maximum absolute atomic E-state index is 13.3. The van der Waals surface area contributed by atoms with Gasteiger partial charge in [-0.2, -0.15) is 0 Å². The first-order chi connectivity index (χ1) is 10.3. The number of aromatic nitrogens is 1. The second-order valence-corrected chi connectivity index (χ2v) is 6.02. The Kier molecular flexibility index (Phi) is 5.04. The summed E-state index contributed by atoms with van der Waals surface area (Å²) >= 11 is 0. The van der Waals surface area contributed by atoms with Crippen molar-refractivity contribution in [1.29, 1.82) is 0 Å². The first-order valence-electron chi connectivity index (χ1n) is 8.04. The summed E-state index contributed by atoms with van der Waals surface area (Å²) in [5.74, 6) is 0.271. The molecule has 1 aliphatic carbocycles. The number of likely N-dealkylation sites (tertiary alicyclic amines) is 1. The first kappa shape index (κ1) is 14.7. The van der Waals surface area contributed by atoms with Crippen LogP contribution < -0.4 is 10.1 Å². The van der Waals surface area contributed by atoms with Gasteiger partial charge in [0.2, 0.25) is 5.88 Å². The van der Waals surface area contributed by atoms with E-state index in [0.717, 1.165) is 25.2 Å². The van der Waals surface area contributed by atoms with Crippen LogP contribution in [0.4, 0.5) is 4.39 Å². The van der Waals surface area contributed by atoms with Crippen LogP contribution in [0.25, 0.3) is 0 Å². The molecule has 1 saturated heterocycles. The summed E-state index contributed by atoms with van der Waals surface area (Å²) in [5, 5.41) is 3.38. The largest absolute Gasteiger partial charge is 0.476 e. The number of nitrogens with one attached hydrogen (secondary N) is 1. The number of ether oxygens (including phenoxy) is 1. The Labute approximate surface area is 125 Å². The number of nitrogens with zero attached hydrogens (tertiary/aromatic N) is 2. The summed E-state index contributed by atoms with van der Waals surface area (Å²) in [7, 11) is 0. The molecule has 1 saturated carbocycles. The summed E-state index contributed by atoms with van der Waals surface area (Å²) < 4.78 is 19.1. The minimum atomic E-state index is -0.300. The zero-order chi connectivity index (χ0) is 14.5. The van der Waals surface area contributed by atoms with Crippen molar-refractivity contribution in [2.75, 3.05) is 26.2 Å². The lowest BCUT2D eigenvalue weighted by molar-refractivity contribution is 0.179. The molecule has 1 aromatic rings. The zero-order valence-electron chi connectivity index (χ0n) is 12.5. The van der Waals surface area contributed by atoms with Crippen LogP contribution in [-0.2, 0) is 6.54 Å². The van der Waals surface area contributed by atoms with E-state index in [1.165, 1.54) is 44.4 Å². The average Bonchev–Trinajstić information content (AvgIpc) is 3.32. The van der Waals surface area contributed by atoms with Crippen LogP contribution in [0.5, 0.6) is 5.88 Å². The van der Waals surface area contributed by atoms with E-state index in [4.69, 9.17) is 4.74 Å². The van der Waals surface area contributed by atoms with Gasteiger partial charge in [0.15, 0.2) is 0 Å². The Hall–Kier alpha value is -1.20. The molecule has 0 atom stereocenters. The van der Waals surface area contributed by atoms with Crippen molar-refractivity contribution in [1.82, 2.24) is 15.2 Å². The van der Waals surface area contributed by atoms with Gasteiger partial charge in [-0.05, 0) is 44.8 Å². The maximum atomic E-state index is 13.3. The molecule has 0 spiro atoms. The molecular weight excluding hydrogens is 269 g/mol. The van der Waals surface area contributed by atoms with Gasteiger partial charge >= 0.3 is 0 Å². The standard InChI is InChI=1S/C16H24FN3O/c17-14-10-13(11-18-15-4-5-15)16(19-12-14)21-9-8-20-6-2-1-3-7-20/h10,12,15,18H,1-9,11H2. The molecule has 0 amide bonds. The second-order valence-electron chi connectivity index (χ2n) is 6.02. The van der Waals surface area contributed by atoms with Crippen molar-refractivity contribution in [2.24, 2.45) is 0 Å². The van der Waals surface area contributed by atoms with Gasteiger partial charge in [0, 0.05) is 24.7 Å². The third-order valence-electron chi connectivity index (χ3n) is 4.15. The number of hydrogen-bond donors (Lipinski definition) is 1. The molecular formula is C16H24FN3O. The Morgan fingerprint density at radius 3 is 2.86 bits per heavy atom. The summed E-state index contributed by atoms with van der Waals surface area (Å²) in [6.45, 7) is 4.50. The minimum absolute atomic E-state index is 0.300. The molecule has 0 radical (unpaired) electrons. The van der Waals surface area contributed by atoms with Crippen molar-refractivity contribution >= 4 is 0 Å². The van der Waals surface area contributed by atoms with E-state index in [2.05, 4.69) is 15.2 Å². The molecule has 21 heavy (non-hydrogen) atoms. The Morgan fingerprint density at radius 2 is 2.10 bits per heavy atom. The fourth-order valence-corrected chi connectivity index (χ4v) is 2.72. The molecule has 3 rings (SSSR count). The number of rotatable bonds is 7. The van der Waals surface area contributed by atoms with E-state index in [9.17, 15) is 4.39 Å². The highest BCUT2D eigenvalue weighted by molar-refractivity contribution is 5.26. The molecule has 4 nitrogen and oxygen atoms in total. The predicted octanol–water partition coefficient (Wildman–Crippen LogP) is 2.34. The van der Waals surface area contributed by atoms with Gasteiger partial charge < -0.3 is 10.1 Å². The molecule has 116 valence electrons. The van der Waals surface area contributed by atoms with E-state index in [0.29, 0.717) is 25.1 Å². The van der Waals surface area contributed by atoms with E-state index in [1.807, 2.05) is 0 Å². The van der Waals surface area contributed by atoms with Gasteiger partial charge in [0.05, 0.1) is 6.20 Å². The van der Waals surface area contributed by atoms with Crippen molar-refractivity contribution in [3.63, 3.8) is 0 Å². The zero-order valence-corrected chi connectivity index (χ0v) is 12.5. The molecule has 5 heteroatoms. The fraction of sp³-hybridized carbons (Fsp3) is 0.688. The normalized spacial score (nSPS) is 19.7. The summed E-state index contributed by atoms with van der Waals surface area (Å²) in [4.78, 5) is 6.53. The molecule has 0 unspecified atom stereocenters. The topological polar surface area (TPSA) is 37.4 Å². The van der Waals surface area contributed by atoms with Crippen LogP contribution in [0.1, 0.15) is 37.7 Å². The van der Waals surface area contributed by atoms with E-state index in [-0.39, 0.29) is 5.82 Å². The lowest BCUT2D eigenvalue weighted by atomic mass is 10.1. The molecule has 0 aromatic carbocycles. The van der Waals surface area contributed by atoms with Crippen molar-refractivity contribution in [3.05, 3.63) is 23.6 Å². The van der Waals surface area contributed by atoms with Crippen LogP contribution in [0.3, 0.4) is 0 Å². The Balaban J connectivity index is 1.50. The highest BCUT2D eigenvalue weighted by Crippen LogP contribution is 2.22. The second kappa shape index (κ2) is 7.18. The molecule has 1 N–H and O–H groups in total. The van der Waals surface area contributed by atoms with Crippen LogP contribution in [0.15, 0.2) is 12.3 Å². The molecule has 2 fully saturated rings. The SMILES string of the molecule is Fc1cnc(OCCN2CCCCC2)c(CNC2CC2)c1. The highest BCUT2D eigenvalue weighted by Gasteiger charge is 2.21. The number of pyridine rings is 1. The van der Waals surface area contributed by atoms with E-state index >= 15 is 0 Å². The lowest BCUT2D eigenvalue weighted by Gasteiger charge is -2.26. The van der Waals surface area contributed by atoms with Crippen molar-refractivity contribution < 1.29 is 9.13 Å². The van der Waals surface area contributed by atoms with Crippen LogP contribution in [-0.4, -0.2) is 42.2 Å². The molecule has 1 aliphatic heterocycles. The van der Waals surface area contributed by atoms with Crippen LogP contribution >= 0.6 is 0 Å². The van der Waals surface area contributed by atoms with Gasteiger partial charge in [-0.1, -0.05) is 6.42 Å². The summed E-state index contributed by atoms with van der Waals surface area (Å²) in [6, 6.07) is 2.12. The predicted molar refractivity (Wildman–Crippen MR) is 79.8 cm³/mol. The molecule has 2 aliphatic rings. The third-order valence-corrected chi connectivity index (χ3v) is 4.15. The average molecular weight is 293 g/mol.